The molecule has 46 valence electrons. The molecular formula is C6H4ClNO. The van der Waals surface area contributed by atoms with Crippen molar-refractivity contribution in [3.05, 3.63) is 23.5 Å². The summed E-state index contributed by atoms with van der Waals surface area (Å²) in [7, 11) is 1.54. The molecule has 0 spiro atoms. The fourth-order valence-corrected chi connectivity index (χ4v) is 0.495. The zero-order valence-electron chi connectivity index (χ0n) is 4.81. The molecule has 9 heavy (non-hydrogen) atoms. The maximum Gasteiger partial charge on any atom is 0.147 e. The van der Waals surface area contributed by atoms with E-state index in [0.717, 1.165) is 0 Å². The van der Waals surface area contributed by atoms with E-state index in [9.17, 15) is 0 Å². The van der Waals surface area contributed by atoms with Crippen molar-refractivity contribution in [2.45, 2.75) is 0 Å². The van der Waals surface area contributed by atoms with E-state index in [1.165, 1.54) is 7.11 Å². The van der Waals surface area contributed by atoms with Crippen LogP contribution in [0.1, 0.15) is 0 Å². The molecule has 0 aliphatic heterocycles. The number of rotatable bonds is 1. The molecule has 1 aromatic heterocycles. The third-order valence-electron chi connectivity index (χ3n) is 0.807. The Kier molecular flexibility index (Phi) is 1.90. The minimum Gasteiger partial charge on any atom is -0.494 e. The predicted octanol–water partition coefficient (Wildman–Crippen LogP) is 1.34. The Bertz CT molecular complexity index is 185. The smallest absolute Gasteiger partial charge is 0.147 e. The van der Waals surface area contributed by atoms with Crippen molar-refractivity contribution in [2.75, 3.05) is 7.11 Å². The minimum absolute atomic E-state index is 0.302. The maximum absolute atomic E-state index is 5.42. The second-order valence-electron chi connectivity index (χ2n) is 1.37. The first-order valence-electron chi connectivity index (χ1n) is 2.33. The van der Waals surface area contributed by atoms with E-state index in [-0.39, 0.29) is 0 Å². The van der Waals surface area contributed by atoms with E-state index in [4.69, 9.17) is 16.3 Å². The molecule has 0 aliphatic carbocycles. The zero-order chi connectivity index (χ0) is 6.69. The molecular weight excluding hydrogens is 138 g/mol. The Hall–Kier alpha value is -0.760. The van der Waals surface area contributed by atoms with Crippen LogP contribution in [0.25, 0.3) is 0 Å². The standard InChI is InChI=1S/C6H4ClNO/c1-9-5-2-3-6(7)8-4-5/h2H,1H3. The van der Waals surface area contributed by atoms with Crippen LogP contribution < -0.4 is 4.74 Å². The Balaban J connectivity index is 2.88. The fourth-order valence-electron chi connectivity index (χ4n) is 0.398. The van der Waals surface area contributed by atoms with Gasteiger partial charge >= 0.3 is 0 Å². The molecule has 1 heterocycles. The van der Waals surface area contributed by atoms with Crippen molar-refractivity contribution in [1.29, 1.82) is 0 Å². The minimum atomic E-state index is 0.302. The molecule has 0 fully saturated rings. The highest BCUT2D eigenvalue weighted by molar-refractivity contribution is 6.29. The number of hydrogen-bond acceptors (Lipinski definition) is 2. The van der Waals surface area contributed by atoms with Crippen LogP contribution in [0.15, 0.2) is 6.07 Å². The molecule has 0 saturated heterocycles. The van der Waals surface area contributed by atoms with Crippen LogP contribution in [-0.2, 0) is 0 Å². The normalized spacial score (nSPS) is 9.11. The van der Waals surface area contributed by atoms with E-state index in [1.54, 1.807) is 6.07 Å². The van der Waals surface area contributed by atoms with Crippen molar-refractivity contribution < 1.29 is 4.74 Å². The lowest BCUT2D eigenvalue weighted by Crippen LogP contribution is -1.83. The molecule has 0 atom stereocenters. The van der Waals surface area contributed by atoms with Crippen molar-refractivity contribution in [2.24, 2.45) is 0 Å². The van der Waals surface area contributed by atoms with Gasteiger partial charge in [-0.1, -0.05) is 11.6 Å². The van der Waals surface area contributed by atoms with Gasteiger partial charge in [0.1, 0.15) is 17.1 Å². The van der Waals surface area contributed by atoms with Crippen molar-refractivity contribution in [1.82, 2.24) is 4.98 Å². The van der Waals surface area contributed by atoms with E-state index in [1.807, 2.05) is 0 Å². The van der Waals surface area contributed by atoms with Crippen molar-refractivity contribution >= 4 is 11.6 Å². The molecule has 0 aliphatic rings. The van der Waals surface area contributed by atoms with Crippen LogP contribution in [0.4, 0.5) is 0 Å². The van der Waals surface area contributed by atoms with Crippen LogP contribution >= 0.6 is 11.6 Å². The van der Waals surface area contributed by atoms with Gasteiger partial charge in [0.05, 0.1) is 7.11 Å². The number of hydrogen-bond donors (Lipinski definition) is 0. The van der Waals surface area contributed by atoms with Gasteiger partial charge < -0.3 is 4.74 Å². The summed E-state index contributed by atoms with van der Waals surface area (Å²) in [5, 5.41) is 0.302. The Morgan fingerprint density at radius 2 is 2.56 bits per heavy atom. The predicted molar refractivity (Wildman–Crippen MR) is 33.5 cm³/mol. The summed E-state index contributed by atoms with van der Waals surface area (Å²) >= 11 is 5.42. The van der Waals surface area contributed by atoms with E-state index >= 15 is 0 Å². The molecule has 2 radical (unpaired) electrons. The Labute approximate surface area is 58.4 Å². The molecule has 0 aromatic carbocycles. The Morgan fingerprint density at radius 3 is 3.00 bits per heavy atom. The summed E-state index contributed by atoms with van der Waals surface area (Å²) < 4.78 is 4.76. The van der Waals surface area contributed by atoms with Gasteiger partial charge in [-0.25, -0.2) is 4.98 Å². The highest BCUT2D eigenvalue weighted by Crippen LogP contribution is 2.08. The quantitative estimate of drug-likeness (QED) is 0.551. The highest BCUT2D eigenvalue weighted by atomic mass is 35.5. The first-order valence-corrected chi connectivity index (χ1v) is 2.70. The number of aromatic nitrogens is 1. The number of methoxy groups -OCH3 is 1. The third-order valence-corrected chi connectivity index (χ3v) is 1.00. The number of ether oxygens (including phenoxy) is 1. The molecule has 0 bridgehead atoms. The largest absolute Gasteiger partial charge is 0.494 e. The topological polar surface area (TPSA) is 22.1 Å². The molecule has 0 unspecified atom stereocenters. The molecule has 1 rings (SSSR count). The lowest BCUT2D eigenvalue weighted by Gasteiger charge is -1.93. The second-order valence-corrected chi connectivity index (χ2v) is 1.73. The molecule has 2 nitrogen and oxygen atoms in total. The van der Waals surface area contributed by atoms with Crippen molar-refractivity contribution in [3.63, 3.8) is 0 Å². The summed E-state index contributed by atoms with van der Waals surface area (Å²) in [6, 6.07) is 4.23. The molecule has 0 saturated carbocycles. The Morgan fingerprint density at radius 1 is 1.78 bits per heavy atom. The van der Waals surface area contributed by atoms with Gasteiger partial charge in [-0.15, -0.1) is 0 Å². The van der Waals surface area contributed by atoms with E-state index in [2.05, 4.69) is 17.2 Å². The van der Waals surface area contributed by atoms with E-state index in [0.29, 0.717) is 10.9 Å². The molecule has 0 amide bonds. The summed E-state index contributed by atoms with van der Waals surface area (Å²) in [5.41, 5.74) is 0. The maximum atomic E-state index is 5.42. The van der Waals surface area contributed by atoms with Gasteiger partial charge in [-0.3, -0.25) is 0 Å². The van der Waals surface area contributed by atoms with Crippen molar-refractivity contribution in [3.8, 4) is 5.75 Å². The van der Waals surface area contributed by atoms with Crippen LogP contribution in [0.3, 0.4) is 0 Å². The van der Waals surface area contributed by atoms with Gasteiger partial charge in [0.2, 0.25) is 0 Å². The summed E-state index contributed by atoms with van der Waals surface area (Å²) in [6.45, 7) is 0. The fraction of sp³-hybridized carbons (Fsp3) is 0.167. The zero-order valence-corrected chi connectivity index (χ0v) is 5.57. The van der Waals surface area contributed by atoms with Gasteiger partial charge in [0.25, 0.3) is 0 Å². The van der Waals surface area contributed by atoms with Gasteiger partial charge in [0, 0.05) is 6.07 Å². The number of halogens is 1. The lowest BCUT2D eigenvalue weighted by molar-refractivity contribution is 0.411. The van der Waals surface area contributed by atoms with Crippen LogP contribution in [0.2, 0.25) is 5.15 Å². The number of pyridine rings is 1. The van der Waals surface area contributed by atoms with Gasteiger partial charge in [0.15, 0.2) is 0 Å². The SMILES string of the molecule is COc1[c]nc(Cl)[c]c1. The number of nitrogens with zero attached hydrogens (tertiary/aromatic N) is 1. The first-order chi connectivity index (χ1) is 4.33. The van der Waals surface area contributed by atoms with Crippen LogP contribution in [0.5, 0.6) is 5.75 Å². The summed E-state index contributed by atoms with van der Waals surface area (Å²) in [5.74, 6) is 0.541. The van der Waals surface area contributed by atoms with Crippen LogP contribution in [-0.4, -0.2) is 12.1 Å². The first kappa shape index (κ1) is 6.36. The lowest BCUT2D eigenvalue weighted by atomic mass is 10.5. The average molecular weight is 142 g/mol. The van der Waals surface area contributed by atoms with E-state index < -0.39 is 0 Å². The highest BCUT2D eigenvalue weighted by Gasteiger charge is 1.90. The summed E-state index contributed by atoms with van der Waals surface area (Å²) in [4.78, 5) is 3.61. The van der Waals surface area contributed by atoms with Crippen LogP contribution in [0, 0.1) is 12.3 Å². The third kappa shape index (κ3) is 1.57. The summed E-state index contributed by atoms with van der Waals surface area (Å²) in [6.07, 6.45) is 2.55. The average Bonchev–Trinajstić information content (AvgIpc) is 1.90. The second kappa shape index (κ2) is 2.69. The molecule has 1 aromatic rings. The van der Waals surface area contributed by atoms with Gasteiger partial charge in [-0.2, -0.15) is 0 Å². The molecule has 0 N–H and O–H groups in total. The molecule has 3 heteroatoms. The monoisotopic (exact) mass is 141 g/mol. The van der Waals surface area contributed by atoms with Gasteiger partial charge in [-0.05, 0) is 6.07 Å².